The van der Waals surface area contributed by atoms with Crippen LogP contribution in [0.1, 0.15) is 11.1 Å². The number of fused-ring (bicyclic) bond motifs is 1. The topological polar surface area (TPSA) is 161 Å². The Labute approximate surface area is 228 Å². The molecular weight excluding hydrogens is 597 g/mol. The SMILES string of the molecule is NO/C=C/Oc1ccc2c(c1)P(=O)(O)N=C(c1c(O)c(-c3ccsc3)nn(Cc3cccc(Br)c3)c1=O)N2. The molecule has 1 aliphatic rings. The van der Waals surface area contributed by atoms with Crippen molar-refractivity contribution in [3.05, 3.63) is 97.8 Å². The molecule has 0 amide bonds. The molecule has 1 atom stereocenters. The zero-order valence-electron chi connectivity index (χ0n) is 19.3. The van der Waals surface area contributed by atoms with Gasteiger partial charge in [0.25, 0.3) is 5.56 Å². The van der Waals surface area contributed by atoms with Gasteiger partial charge in [-0.1, -0.05) is 28.1 Å². The number of rotatable bonds is 7. The van der Waals surface area contributed by atoms with Crippen LogP contribution in [-0.4, -0.2) is 25.6 Å². The first-order valence-electron chi connectivity index (χ1n) is 10.9. The first-order valence-corrected chi connectivity index (χ1v) is 14.2. The quantitative estimate of drug-likeness (QED) is 0.137. The van der Waals surface area contributed by atoms with E-state index in [0.29, 0.717) is 5.56 Å². The molecule has 0 bridgehead atoms. The molecular formula is C24H19BrN5O6PS. The van der Waals surface area contributed by atoms with E-state index < -0.39 is 18.8 Å². The van der Waals surface area contributed by atoms with Crippen LogP contribution >= 0.6 is 34.8 Å². The van der Waals surface area contributed by atoms with E-state index in [1.165, 1.54) is 34.2 Å². The van der Waals surface area contributed by atoms with Gasteiger partial charge < -0.3 is 24.9 Å². The number of halogens is 1. The van der Waals surface area contributed by atoms with Gasteiger partial charge >= 0.3 is 7.52 Å². The second-order valence-corrected chi connectivity index (χ2v) is 11.5. The lowest BCUT2D eigenvalue weighted by Gasteiger charge is -2.23. The summed E-state index contributed by atoms with van der Waals surface area (Å²) in [6, 6.07) is 13.5. The molecule has 4 aromatic rings. The third-order valence-corrected chi connectivity index (χ3v) is 8.14. The molecule has 0 saturated heterocycles. The van der Waals surface area contributed by atoms with E-state index >= 15 is 0 Å². The fourth-order valence-electron chi connectivity index (χ4n) is 3.81. The average Bonchev–Trinajstić information content (AvgIpc) is 3.41. The summed E-state index contributed by atoms with van der Waals surface area (Å²) < 4.78 is 24.5. The van der Waals surface area contributed by atoms with Crippen LogP contribution in [0, 0.1) is 0 Å². The zero-order valence-corrected chi connectivity index (χ0v) is 22.6. The number of nitrogens with two attached hydrogens (primary N) is 1. The number of benzene rings is 2. The predicted octanol–water partition coefficient (Wildman–Crippen LogP) is 3.91. The van der Waals surface area contributed by atoms with Crippen molar-refractivity contribution < 1.29 is 24.1 Å². The normalized spacial score (nSPS) is 16.6. The van der Waals surface area contributed by atoms with Gasteiger partial charge in [-0.3, -0.25) is 9.36 Å². The highest BCUT2D eigenvalue weighted by Gasteiger charge is 2.34. The minimum absolute atomic E-state index is 0.0399. The fourth-order valence-corrected chi connectivity index (χ4v) is 6.16. The number of nitrogens with zero attached hydrogens (tertiary/aromatic N) is 3. The van der Waals surface area contributed by atoms with E-state index in [4.69, 9.17) is 10.6 Å². The van der Waals surface area contributed by atoms with Gasteiger partial charge in [0.1, 0.15) is 29.5 Å². The lowest BCUT2D eigenvalue weighted by Crippen LogP contribution is -2.34. The maximum atomic E-state index is 13.6. The van der Waals surface area contributed by atoms with Gasteiger partial charge in [-0.25, -0.2) is 4.68 Å². The summed E-state index contributed by atoms with van der Waals surface area (Å²) in [5.41, 5.74) is 0.745. The van der Waals surface area contributed by atoms with Crippen LogP contribution in [-0.2, 0) is 15.9 Å². The highest BCUT2D eigenvalue weighted by Crippen LogP contribution is 2.48. The van der Waals surface area contributed by atoms with Gasteiger partial charge in [0.2, 0.25) is 0 Å². The van der Waals surface area contributed by atoms with E-state index in [1.807, 2.05) is 29.6 Å². The maximum absolute atomic E-state index is 13.6. The van der Waals surface area contributed by atoms with Crippen molar-refractivity contribution in [1.82, 2.24) is 9.78 Å². The third-order valence-electron chi connectivity index (χ3n) is 5.49. The number of thiophene rings is 1. The number of ether oxygens (including phenoxy) is 1. The van der Waals surface area contributed by atoms with E-state index in [9.17, 15) is 19.4 Å². The Morgan fingerprint density at radius 1 is 1.21 bits per heavy atom. The number of hydrogen-bond donors (Lipinski definition) is 4. The van der Waals surface area contributed by atoms with Crippen molar-refractivity contribution in [2.24, 2.45) is 10.7 Å². The highest BCUT2D eigenvalue weighted by molar-refractivity contribution is 9.10. The third kappa shape index (κ3) is 5.15. The number of hydrogen-bond acceptors (Lipinski definition) is 9. The molecule has 1 aliphatic heterocycles. The smallest absolute Gasteiger partial charge is 0.346 e. The van der Waals surface area contributed by atoms with Crippen molar-refractivity contribution in [1.29, 1.82) is 0 Å². The molecule has 3 heterocycles. The summed E-state index contributed by atoms with van der Waals surface area (Å²) >= 11 is 4.81. The van der Waals surface area contributed by atoms with Crippen LogP contribution in [0.15, 0.2) is 85.8 Å². The number of amidine groups is 1. The minimum atomic E-state index is -4.39. The van der Waals surface area contributed by atoms with Crippen LogP contribution in [0.4, 0.5) is 5.69 Å². The molecule has 14 heteroatoms. The molecule has 0 spiro atoms. The van der Waals surface area contributed by atoms with E-state index in [2.05, 4.69) is 35.9 Å². The van der Waals surface area contributed by atoms with Crippen LogP contribution in [0.5, 0.6) is 11.5 Å². The maximum Gasteiger partial charge on any atom is 0.346 e. The molecule has 2 aromatic heterocycles. The first-order chi connectivity index (χ1) is 18.3. The molecule has 194 valence electrons. The van der Waals surface area contributed by atoms with Crippen LogP contribution in [0.25, 0.3) is 11.3 Å². The number of nitrogens with one attached hydrogen (secondary N) is 1. The Morgan fingerprint density at radius 3 is 2.79 bits per heavy atom. The Balaban J connectivity index is 1.63. The fraction of sp³-hybridized carbons (Fsp3) is 0.0417. The number of anilines is 1. The van der Waals surface area contributed by atoms with Crippen molar-refractivity contribution in [3.8, 4) is 22.8 Å². The van der Waals surface area contributed by atoms with Gasteiger partial charge in [0, 0.05) is 15.4 Å². The Bertz CT molecular complexity index is 1690. The van der Waals surface area contributed by atoms with Gasteiger partial charge in [-0.2, -0.15) is 27.1 Å². The predicted molar refractivity (Wildman–Crippen MR) is 148 cm³/mol. The average molecular weight is 616 g/mol. The largest absolute Gasteiger partial charge is 0.505 e. The lowest BCUT2D eigenvalue weighted by atomic mass is 10.1. The molecule has 2 aromatic carbocycles. The van der Waals surface area contributed by atoms with Gasteiger partial charge in [0.05, 0.1) is 17.5 Å². The van der Waals surface area contributed by atoms with Crippen LogP contribution < -0.4 is 26.8 Å². The summed E-state index contributed by atoms with van der Waals surface area (Å²) in [6.45, 7) is 0.0874. The van der Waals surface area contributed by atoms with Gasteiger partial charge in [-0.05, 0) is 47.3 Å². The molecule has 0 fully saturated rings. The number of aromatic hydroxyl groups is 1. The highest BCUT2D eigenvalue weighted by atomic mass is 79.9. The van der Waals surface area contributed by atoms with Crippen molar-refractivity contribution in [2.45, 2.75) is 6.54 Å². The summed E-state index contributed by atoms with van der Waals surface area (Å²) in [4.78, 5) is 28.7. The number of aromatic nitrogens is 2. The molecule has 0 radical (unpaired) electrons. The zero-order chi connectivity index (χ0) is 26.9. The molecule has 11 nitrogen and oxygen atoms in total. The molecule has 1 unspecified atom stereocenters. The minimum Gasteiger partial charge on any atom is -0.505 e. The van der Waals surface area contributed by atoms with E-state index in [1.54, 1.807) is 11.4 Å². The second-order valence-electron chi connectivity index (χ2n) is 8.00. The lowest BCUT2D eigenvalue weighted by molar-refractivity contribution is 0.250. The van der Waals surface area contributed by atoms with E-state index in [-0.39, 0.29) is 40.4 Å². The Morgan fingerprint density at radius 2 is 2.05 bits per heavy atom. The monoisotopic (exact) mass is 615 g/mol. The molecule has 5 rings (SSSR count). The van der Waals surface area contributed by atoms with Crippen molar-refractivity contribution in [3.63, 3.8) is 0 Å². The molecule has 0 aliphatic carbocycles. The van der Waals surface area contributed by atoms with Crippen molar-refractivity contribution in [2.75, 3.05) is 5.32 Å². The summed E-state index contributed by atoms with van der Waals surface area (Å²) in [5.74, 6) is 4.43. The summed E-state index contributed by atoms with van der Waals surface area (Å²) in [7, 11) is -4.39. The van der Waals surface area contributed by atoms with Gasteiger partial charge in [-0.15, -0.1) is 0 Å². The molecule has 0 saturated carbocycles. The van der Waals surface area contributed by atoms with Gasteiger partial charge in [0.15, 0.2) is 11.6 Å². The van der Waals surface area contributed by atoms with Crippen LogP contribution in [0.2, 0.25) is 0 Å². The molecule has 38 heavy (non-hydrogen) atoms. The van der Waals surface area contributed by atoms with Crippen LogP contribution in [0.3, 0.4) is 0 Å². The first kappa shape index (κ1) is 25.9. The second kappa shape index (κ2) is 10.6. The Hall–Kier alpha value is -3.74. The van der Waals surface area contributed by atoms with Crippen molar-refractivity contribution >= 4 is 51.6 Å². The Kier molecular flexibility index (Phi) is 7.19. The summed E-state index contributed by atoms with van der Waals surface area (Å²) in [5, 5.41) is 22.1. The standard InChI is InChI=1S/C24H19BrN5O6PS/c25-16-3-1-2-14(10-16)12-30-24(32)20(22(31)21(28-30)15-6-9-38-13-15)23-27-18-5-4-17(35-7-8-36-26)11-19(18)37(33,34)29-23/h1-11,13,31H,12,26H2,(H2,27,29,33,34)/b8-7+. The summed E-state index contributed by atoms with van der Waals surface area (Å²) in [6.07, 6.45) is 2.24. The molecule has 5 N–H and O–H groups in total. The van der Waals surface area contributed by atoms with E-state index in [0.717, 1.165) is 22.6 Å².